The highest BCUT2D eigenvalue weighted by molar-refractivity contribution is 5.94. The number of nitrogens with one attached hydrogen (secondary N) is 1. The first-order valence-electron chi connectivity index (χ1n) is 6.94. The lowest BCUT2D eigenvalue weighted by atomic mass is 10.0. The van der Waals surface area contributed by atoms with Gasteiger partial charge in [-0.05, 0) is 42.7 Å². The maximum Gasteiger partial charge on any atom is 0.271 e. The van der Waals surface area contributed by atoms with Crippen LogP contribution in [0.2, 0.25) is 0 Å². The van der Waals surface area contributed by atoms with Crippen LogP contribution in [-0.4, -0.2) is 33.5 Å². The summed E-state index contributed by atoms with van der Waals surface area (Å²) >= 11 is 0. The van der Waals surface area contributed by atoms with Crippen molar-refractivity contribution in [3.05, 3.63) is 59.2 Å². The van der Waals surface area contributed by atoms with E-state index in [1.165, 1.54) is 12.1 Å². The average molecular weight is 288 g/mol. The monoisotopic (exact) mass is 288 g/mol. The van der Waals surface area contributed by atoms with Gasteiger partial charge < -0.3 is 15.0 Å². The van der Waals surface area contributed by atoms with E-state index in [0.29, 0.717) is 18.7 Å². The molecule has 1 amide bonds. The van der Waals surface area contributed by atoms with Crippen molar-refractivity contribution < 1.29 is 14.3 Å². The lowest BCUT2D eigenvalue weighted by Crippen LogP contribution is -2.32. The SMILES string of the molecule is Cc1cc[nH]c1C(=O)N1C[C@H](O)C[C@@H]1c1ccc(F)cc1. The standard InChI is InChI=1S/C16H17FN2O2/c1-10-6-7-18-15(10)16(21)19-9-13(20)8-14(19)11-2-4-12(17)5-3-11/h2-7,13-14,18,20H,8-9H2,1H3/t13-,14-/m1/s1. The number of hydrogen-bond donors (Lipinski definition) is 2. The van der Waals surface area contributed by atoms with Crippen molar-refractivity contribution in [2.24, 2.45) is 0 Å². The van der Waals surface area contributed by atoms with Gasteiger partial charge in [-0.15, -0.1) is 0 Å². The van der Waals surface area contributed by atoms with Crippen molar-refractivity contribution in [2.75, 3.05) is 6.54 Å². The fourth-order valence-electron chi connectivity index (χ4n) is 2.86. The van der Waals surface area contributed by atoms with Crippen molar-refractivity contribution in [1.82, 2.24) is 9.88 Å². The number of benzene rings is 1. The molecule has 1 aromatic heterocycles. The second-order valence-electron chi connectivity index (χ2n) is 5.45. The predicted octanol–water partition coefficient (Wildman–Crippen LogP) is 2.41. The molecular weight excluding hydrogens is 271 g/mol. The van der Waals surface area contributed by atoms with E-state index >= 15 is 0 Å². The van der Waals surface area contributed by atoms with Gasteiger partial charge in [0.15, 0.2) is 0 Å². The van der Waals surface area contributed by atoms with Crippen molar-refractivity contribution in [1.29, 1.82) is 0 Å². The third-order valence-corrected chi connectivity index (χ3v) is 3.96. The molecule has 0 saturated carbocycles. The highest BCUT2D eigenvalue weighted by Gasteiger charge is 2.36. The van der Waals surface area contributed by atoms with Gasteiger partial charge in [0.05, 0.1) is 12.1 Å². The number of aromatic amines is 1. The van der Waals surface area contributed by atoms with Crippen molar-refractivity contribution >= 4 is 5.91 Å². The molecule has 3 rings (SSSR count). The van der Waals surface area contributed by atoms with Gasteiger partial charge in [0.2, 0.25) is 0 Å². The molecule has 1 aliphatic rings. The normalized spacial score (nSPS) is 21.8. The zero-order valence-electron chi connectivity index (χ0n) is 11.7. The molecule has 2 atom stereocenters. The summed E-state index contributed by atoms with van der Waals surface area (Å²) < 4.78 is 13.0. The number of carbonyl (C=O) groups excluding carboxylic acids is 1. The summed E-state index contributed by atoms with van der Waals surface area (Å²) in [5.74, 6) is -0.446. The molecule has 0 unspecified atom stereocenters. The summed E-state index contributed by atoms with van der Waals surface area (Å²) in [6.07, 6.45) is 1.64. The minimum Gasteiger partial charge on any atom is -0.391 e. The zero-order valence-corrected chi connectivity index (χ0v) is 11.7. The summed E-state index contributed by atoms with van der Waals surface area (Å²) in [5.41, 5.74) is 2.25. The molecule has 1 aliphatic heterocycles. The maximum atomic E-state index is 13.0. The van der Waals surface area contributed by atoms with Crippen LogP contribution in [0.1, 0.15) is 34.1 Å². The molecule has 0 aliphatic carbocycles. The van der Waals surface area contributed by atoms with E-state index in [1.54, 1.807) is 23.2 Å². The highest BCUT2D eigenvalue weighted by Crippen LogP contribution is 2.33. The molecule has 0 spiro atoms. The number of H-pyrrole nitrogens is 1. The average Bonchev–Trinajstić information content (AvgIpc) is 3.05. The molecule has 2 aromatic rings. The van der Waals surface area contributed by atoms with E-state index in [4.69, 9.17) is 0 Å². The minimum absolute atomic E-state index is 0.136. The zero-order chi connectivity index (χ0) is 15.0. The number of carbonyl (C=O) groups is 1. The molecule has 0 radical (unpaired) electrons. The second kappa shape index (κ2) is 5.33. The first-order valence-corrected chi connectivity index (χ1v) is 6.94. The van der Waals surface area contributed by atoms with E-state index < -0.39 is 6.10 Å². The summed E-state index contributed by atoms with van der Waals surface area (Å²) in [7, 11) is 0. The number of halogens is 1. The molecule has 21 heavy (non-hydrogen) atoms. The molecule has 2 N–H and O–H groups in total. The van der Waals surface area contributed by atoms with Gasteiger partial charge in [-0.2, -0.15) is 0 Å². The number of rotatable bonds is 2. The molecule has 110 valence electrons. The number of hydrogen-bond acceptors (Lipinski definition) is 2. The lowest BCUT2D eigenvalue weighted by molar-refractivity contribution is 0.0710. The Labute approximate surface area is 122 Å². The van der Waals surface area contributed by atoms with Crippen LogP contribution >= 0.6 is 0 Å². The molecule has 2 heterocycles. The number of likely N-dealkylation sites (tertiary alicyclic amines) is 1. The maximum absolute atomic E-state index is 13.0. The third-order valence-electron chi connectivity index (χ3n) is 3.96. The van der Waals surface area contributed by atoms with Crippen LogP contribution < -0.4 is 0 Å². The Morgan fingerprint density at radius 1 is 1.33 bits per heavy atom. The number of aliphatic hydroxyl groups is 1. The van der Waals surface area contributed by atoms with Crippen molar-refractivity contribution in [3.8, 4) is 0 Å². The third kappa shape index (κ3) is 2.56. The van der Waals surface area contributed by atoms with E-state index in [0.717, 1.165) is 11.1 Å². The molecule has 1 aromatic carbocycles. The van der Waals surface area contributed by atoms with E-state index in [2.05, 4.69) is 4.98 Å². The van der Waals surface area contributed by atoms with Crippen LogP contribution in [0.15, 0.2) is 36.5 Å². The van der Waals surface area contributed by atoms with E-state index in [1.807, 2.05) is 13.0 Å². The van der Waals surface area contributed by atoms with Crippen LogP contribution in [0.4, 0.5) is 4.39 Å². The summed E-state index contributed by atoms with van der Waals surface area (Å²) in [4.78, 5) is 17.2. The van der Waals surface area contributed by atoms with Gasteiger partial charge in [-0.25, -0.2) is 4.39 Å². The van der Waals surface area contributed by atoms with Crippen molar-refractivity contribution in [3.63, 3.8) is 0 Å². The Morgan fingerprint density at radius 3 is 2.67 bits per heavy atom. The first-order chi connectivity index (χ1) is 10.1. The summed E-state index contributed by atoms with van der Waals surface area (Å²) in [6, 6.07) is 7.70. The molecular formula is C16H17FN2O2. The van der Waals surface area contributed by atoms with E-state index in [9.17, 15) is 14.3 Å². The van der Waals surface area contributed by atoms with Gasteiger partial charge in [-0.3, -0.25) is 4.79 Å². The largest absolute Gasteiger partial charge is 0.391 e. The molecule has 4 nitrogen and oxygen atoms in total. The quantitative estimate of drug-likeness (QED) is 0.891. The van der Waals surface area contributed by atoms with Crippen LogP contribution in [0.5, 0.6) is 0 Å². The number of aryl methyl sites for hydroxylation is 1. The van der Waals surface area contributed by atoms with Gasteiger partial charge in [0, 0.05) is 12.7 Å². The number of aliphatic hydroxyl groups excluding tert-OH is 1. The number of amides is 1. The summed E-state index contributed by atoms with van der Waals surface area (Å²) in [5, 5.41) is 9.92. The Hall–Kier alpha value is -2.14. The van der Waals surface area contributed by atoms with Crippen LogP contribution in [-0.2, 0) is 0 Å². The highest BCUT2D eigenvalue weighted by atomic mass is 19.1. The fourth-order valence-corrected chi connectivity index (χ4v) is 2.86. The lowest BCUT2D eigenvalue weighted by Gasteiger charge is -2.24. The molecule has 1 fully saturated rings. The van der Waals surface area contributed by atoms with Gasteiger partial charge >= 0.3 is 0 Å². The van der Waals surface area contributed by atoms with Crippen molar-refractivity contribution in [2.45, 2.75) is 25.5 Å². The second-order valence-corrected chi connectivity index (χ2v) is 5.45. The number of nitrogens with zero attached hydrogens (tertiary/aromatic N) is 1. The van der Waals surface area contributed by atoms with E-state index in [-0.39, 0.29) is 17.8 Å². The Morgan fingerprint density at radius 2 is 2.05 bits per heavy atom. The smallest absolute Gasteiger partial charge is 0.271 e. The van der Waals surface area contributed by atoms with Crippen LogP contribution in [0, 0.1) is 12.7 Å². The van der Waals surface area contributed by atoms with Crippen LogP contribution in [0.3, 0.4) is 0 Å². The summed E-state index contributed by atoms with van der Waals surface area (Å²) in [6.45, 7) is 2.16. The molecule has 1 saturated heterocycles. The Kier molecular flexibility index (Phi) is 3.51. The number of β-amino-alcohol motifs (C(OH)–C–C–N with tert-alkyl or cyclic N) is 1. The Balaban J connectivity index is 1.91. The van der Waals surface area contributed by atoms with Gasteiger partial charge in [0.1, 0.15) is 11.5 Å². The van der Waals surface area contributed by atoms with Gasteiger partial charge in [-0.1, -0.05) is 12.1 Å². The first kappa shape index (κ1) is 13.8. The fraction of sp³-hybridized carbons (Fsp3) is 0.312. The number of aromatic nitrogens is 1. The van der Waals surface area contributed by atoms with Gasteiger partial charge in [0.25, 0.3) is 5.91 Å². The predicted molar refractivity (Wildman–Crippen MR) is 76.3 cm³/mol. The Bertz CT molecular complexity index is 651. The molecule has 5 heteroatoms. The van der Waals surface area contributed by atoms with Crippen LogP contribution in [0.25, 0.3) is 0 Å². The topological polar surface area (TPSA) is 56.3 Å². The molecule has 0 bridgehead atoms. The minimum atomic E-state index is -0.556.